The van der Waals surface area contributed by atoms with Crippen LogP contribution in [0.5, 0.6) is 11.5 Å². The molecule has 0 heterocycles. The zero-order valence-corrected chi connectivity index (χ0v) is 12.6. The Morgan fingerprint density at radius 3 is 2.19 bits per heavy atom. The Labute approximate surface area is 125 Å². The number of rotatable bonds is 7. The highest BCUT2D eigenvalue weighted by atomic mass is 32.2. The molecule has 0 amide bonds. The first-order chi connectivity index (χ1) is 10.1. The third kappa shape index (κ3) is 5.09. The first-order valence-corrected chi connectivity index (χ1v) is 8.22. The largest absolute Gasteiger partial charge is 0.457 e. The minimum Gasteiger partial charge on any atom is -0.457 e. The predicted octanol–water partition coefficient (Wildman–Crippen LogP) is 2.44. The summed E-state index contributed by atoms with van der Waals surface area (Å²) in [6.07, 6.45) is 0. The molecule has 21 heavy (non-hydrogen) atoms. The van der Waals surface area contributed by atoms with Crippen LogP contribution in [0, 0.1) is 0 Å². The highest BCUT2D eigenvalue weighted by molar-refractivity contribution is 7.92. The Morgan fingerprint density at radius 2 is 1.57 bits per heavy atom. The molecule has 2 aromatic carbocycles. The van der Waals surface area contributed by atoms with E-state index in [9.17, 15) is 8.42 Å². The lowest BCUT2D eigenvalue weighted by Crippen LogP contribution is -2.24. The van der Waals surface area contributed by atoms with Gasteiger partial charge in [-0.05, 0) is 43.4 Å². The summed E-state index contributed by atoms with van der Waals surface area (Å²) in [6.45, 7) is 0.407. The summed E-state index contributed by atoms with van der Waals surface area (Å²) in [4.78, 5) is 0. The van der Waals surface area contributed by atoms with Gasteiger partial charge in [-0.15, -0.1) is 0 Å². The average Bonchev–Trinajstić information content (AvgIpc) is 2.48. The number of ether oxygens (including phenoxy) is 1. The van der Waals surface area contributed by atoms with E-state index in [-0.39, 0.29) is 5.75 Å². The third-order valence-corrected chi connectivity index (χ3v) is 4.02. The van der Waals surface area contributed by atoms with Gasteiger partial charge in [0.05, 0.1) is 5.75 Å². The van der Waals surface area contributed by atoms with E-state index >= 15 is 0 Å². The monoisotopic (exact) mass is 306 g/mol. The average molecular weight is 306 g/mol. The van der Waals surface area contributed by atoms with Gasteiger partial charge in [-0.3, -0.25) is 4.72 Å². The summed E-state index contributed by atoms with van der Waals surface area (Å²) >= 11 is 0. The summed E-state index contributed by atoms with van der Waals surface area (Å²) < 4.78 is 31.7. The van der Waals surface area contributed by atoms with Gasteiger partial charge >= 0.3 is 0 Å². The van der Waals surface area contributed by atoms with Crippen molar-refractivity contribution >= 4 is 15.7 Å². The SMILES string of the molecule is CNCCS(=O)(=O)Nc1ccc(Oc2ccccc2)cc1. The highest BCUT2D eigenvalue weighted by Crippen LogP contribution is 2.22. The van der Waals surface area contributed by atoms with Crippen LogP contribution < -0.4 is 14.8 Å². The van der Waals surface area contributed by atoms with Gasteiger partial charge < -0.3 is 10.1 Å². The minimum atomic E-state index is -3.32. The number of hydrogen-bond acceptors (Lipinski definition) is 4. The van der Waals surface area contributed by atoms with Crippen LogP contribution in [-0.4, -0.2) is 27.8 Å². The molecule has 0 fully saturated rings. The van der Waals surface area contributed by atoms with Crippen molar-refractivity contribution in [2.24, 2.45) is 0 Å². The van der Waals surface area contributed by atoms with Gasteiger partial charge in [-0.1, -0.05) is 18.2 Å². The maximum absolute atomic E-state index is 11.8. The number of anilines is 1. The fourth-order valence-corrected chi connectivity index (χ4v) is 2.75. The summed E-state index contributed by atoms with van der Waals surface area (Å²) in [5.41, 5.74) is 0.520. The molecular weight excluding hydrogens is 288 g/mol. The molecule has 0 radical (unpaired) electrons. The lowest BCUT2D eigenvalue weighted by Gasteiger charge is -2.09. The van der Waals surface area contributed by atoms with Crippen LogP contribution in [0.2, 0.25) is 0 Å². The Morgan fingerprint density at radius 1 is 0.952 bits per heavy atom. The third-order valence-electron chi connectivity index (χ3n) is 2.73. The van der Waals surface area contributed by atoms with Crippen molar-refractivity contribution in [2.45, 2.75) is 0 Å². The molecule has 5 nitrogen and oxygen atoms in total. The molecule has 0 aliphatic carbocycles. The molecule has 112 valence electrons. The van der Waals surface area contributed by atoms with Gasteiger partial charge in [-0.2, -0.15) is 0 Å². The van der Waals surface area contributed by atoms with E-state index in [4.69, 9.17) is 4.74 Å². The second-order valence-corrected chi connectivity index (χ2v) is 6.31. The fraction of sp³-hybridized carbons (Fsp3) is 0.200. The molecule has 0 unspecified atom stereocenters. The zero-order valence-electron chi connectivity index (χ0n) is 11.7. The van der Waals surface area contributed by atoms with E-state index in [0.717, 1.165) is 5.75 Å². The van der Waals surface area contributed by atoms with Crippen LogP contribution in [0.3, 0.4) is 0 Å². The molecule has 2 rings (SSSR count). The molecule has 0 saturated carbocycles. The number of benzene rings is 2. The number of hydrogen-bond donors (Lipinski definition) is 2. The molecular formula is C15H18N2O3S. The van der Waals surface area contributed by atoms with Crippen LogP contribution in [0.4, 0.5) is 5.69 Å². The smallest absolute Gasteiger partial charge is 0.233 e. The van der Waals surface area contributed by atoms with Crippen molar-refractivity contribution in [2.75, 3.05) is 24.1 Å². The van der Waals surface area contributed by atoms with Crippen molar-refractivity contribution in [1.82, 2.24) is 5.32 Å². The Balaban J connectivity index is 1.99. The van der Waals surface area contributed by atoms with Crippen molar-refractivity contribution in [3.8, 4) is 11.5 Å². The van der Waals surface area contributed by atoms with Crippen molar-refractivity contribution in [1.29, 1.82) is 0 Å². The highest BCUT2D eigenvalue weighted by Gasteiger charge is 2.09. The number of sulfonamides is 1. The molecule has 0 aliphatic rings. The molecule has 2 N–H and O–H groups in total. The predicted molar refractivity (Wildman–Crippen MR) is 84.3 cm³/mol. The van der Waals surface area contributed by atoms with Gasteiger partial charge in [0.15, 0.2) is 0 Å². The Hall–Kier alpha value is -2.05. The van der Waals surface area contributed by atoms with E-state index < -0.39 is 10.0 Å². The first-order valence-electron chi connectivity index (χ1n) is 6.57. The normalized spacial score (nSPS) is 11.1. The van der Waals surface area contributed by atoms with Crippen LogP contribution in [0.25, 0.3) is 0 Å². The van der Waals surface area contributed by atoms with E-state index in [1.165, 1.54) is 0 Å². The van der Waals surface area contributed by atoms with Gasteiger partial charge in [0.1, 0.15) is 11.5 Å². The van der Waals surface area contributed by atoms with Crippen molar-refractivity contribution in [3.63, 3.8) is 0 Å². The molecule has 0 saturated heterocycles. The molecule has 0 bridgehead atoms. The lowest BCUT2D eigenvalue weighted by atomic mass is 10.3. The summed E-state index contributed by atoms with van der Waals surface area (Å²) in [7, 11) is -1.61. The van der Waals surface area contributed by atoms with E-state index in [1.807, 2.05) is 30.3 Å². The van der Waals surface area contributed by atoms with E-state index in [0.29, 0.717) is 18.0 Å². The molecule has 0 aromatic heterocycles. The first kappa shape index (κ1) is 15.3. The molecule has 2 aromatic rings. The van der Waals surface area contributed by atoms with Crippen LogP contribution >= 0.6 is 0 Å². The number of para-hydroxylation sites is 1. The minimum absolute atomic E-state index is 0.0335. The van der Waals surface area contributed by atoms with E-state index in [1.54, 1.807) is 31.3 Å². The molecule has 0 spiro atoms. The second kappa shape index (κ2) is 7.10. The van der Waals surface area contributed by atoms with Gasteiger partial charge in [-0.25, -0.2) is 8.42 Å². The summed E-state index contributed by atoms with van der Waals surface area (Å²) in [5.74, 6) is 1.42. The van der Waals surface area contributed by atoms with Crippen molar-refractivity contribution < 1.29 is 13.2 Å². The van der Waals surface area contributed by atoms with Gasteiger partial charge in [0.25, 0.3) is 0 Å². The maximum Gasteiger partial charge on any atom is 0.233 e. The van der Waals surface area contributed by atoms with Gasteiger partial charge in [0.2, 0.25) is 10.0 Å². The van der Waals surface area contributed by atoms with E-state index in [2.05, 4.69) is 10.0 Å². The number of nitrogens with one attached hydrogen (secondary N) is 2. The Bertz CT molecular complexity index is 655. The van der Waals surface area contributed by atoms with Crippen LogP contribution in [0.15, 0.2) is 54.6 Å². The fourth-order valence-electron chi connectivity index (χ4n) is 1.68. The van der Waals surface area contributed by atoms with Crippen molar-refractivity contribution in [3.05, 3.63) is 54.6 Å². The standard InChI is InChI=1S/C15H18N2O3S/c1-16-11-12-21(18,19)17-13-7-9-15(10-8-13)20-14-5-3-2-4-6-14/h2-10,16-17H,11-12H2,1H3. The zero-order chi connectivity index (χ0) is 15.1. The summed E-state index contributed by atoms with van der Waals surface area (Å²) in [6, 6.07) is 16.2. The summed E-state index contributed by atoms with van der Waals surface area (Å²) in [5, 5.41) is 2.81. The van der Waals surface area contributed by atoms with Crippen LogP contribution in [-0.2, 0) is 10.0 Å². The second-order valence-electron chi connectivity index (χ2n) is 4.46. The molecule has 0 atom stereocenters. The lowest BCUT2D eigenvalue weighted by molar-refractivity contribution is 0.483. The van der Waals surface area contributed by atoms with Crippen LogP contribution in [0.1, 0.15) is 0 Å². The maximum atomic E-state index is 11.8. The quantitative estimate of drug-likeness (QED) is 0.824. The molecule has 6 heteroatoms. The molecule has 0 aliphatic heterocycles. The topological polar surface area (TPSA) is 67.4 Å². The van der Waals surface area contributed by atoms with Gasteiger partial charge in [0, 0.05) is 12.2 Å². The Kier molecular flexibility index (Phi) is 5.19.